The van der Waals surface area contributed by atoms with Crippen LogP contribution in [0, 0.1) is 5.82 Å². The van der Waals surface area contributed by atoms with E-state index in [9.17, 15) is 9.18 Å². The van der Waals surface area contributed by atoms with Crippen LogP contribution < -0.4 is 14.4 Å². The van der Waals surface area contributed by atoms with Gasteiger partial charge in [-0.15, -0.1) is 0 Å². The fourth-order valence-corrected chi connectivity index (χ4v) is 3.92. The number of benzene rings is 3. The summed E-state index contributed by atoms with van der Waals surface area (Å²) in [6, 6.07) is 19.0. The Balaban J connectivity index is 1.42. The SMILES string of the molecule is COc1ccc(C(=O)N2CCN(c3ccc(F)cc3)CC2)cc1COc1cccc(Cl)c1. The van der Waals surface area contributed by atoms with Crippen LogP contribution in [0.15, 0.2) is 66.7 Å². The van der Waals surface area contributed by atoms with Crippen molar-refractivity contribution in [3.8, 4) is 11.5 Å². The molecule has 0 aliphatic carbocycles. The maximum absolute atomic E-state index is 13.2. The summed E-state index contributed by atoms with van der Waals surface area (Å²) >= 11 is 6.02. The zero-order valence-corrected chi connectivity index (χ0v) is 18.5. The van der Waals surface area contributed by atoms with Gasteiger partial charge in [-0.1, -0.05) is 17.7 Å². The maximum atomic E-state index is 13.2. The van der Waals surface area contributed by atoms with Crippen molar-refractivity contribution in [2.75, 3.05) is 38.2 Å². The Labute approximate surface area is 191 Å². The van der Waals surface area contributed by atoms with Crippen molar-refractivity contribution in [2.24, 2.45) is 0 Å². The average molecular weight is 455 g/mol. The van der Waals surface area contributed by atoms with E-state index < -0.39 is 0 Å². The first kappa shape index (κ1) is 22.0. The van der Waals surface area contributed by atoms with Crippen LogP contribution >= 0.6 is 11.6 Å². The van der Waals surface area contributed by atoms with Crippen molar-refractivity contribution in [3.63, 3.8) is 0 Å². The standard InChI is InChI=1S/C25H24ClFN2O3/c1-31-24-10-5-18(15-19(24)17-32-23-4-2-3-20(26)16-23)25(30)29-13-11-28(12-14-29)22-8-6-21(27)7-9-22/h2-10,15-16H,11-14,17H2,1H3. The summed E-state index contributed by atoms with van der Waals surface area (Å²) in [4.78, 5) is 17.1. The highest BCUT2D eigenvalue weighted by atomic mass is 35.5. The number of hydrogen-bond acceptors (Lipinski definition) is 4. The molecule has 0 unspecified atom stereocenters. The lowest BCUT2D eigenvalue weighted by Gasteiger charge is -2.36. The van der Waals surface area contributed by atoms with Gasteiger partial charge in [-0.3, -0.25) is 4.79 Å². The van der Waals surface area contributed by atoms with Crippen LogP contribution in [0.1, 0.15) is 15.9 Å². The van der Waals surface area contributed by atoms with Crippen molar-refractivity contribution in [3.05, 3.63) is 88.7 Å². The lowest BCUT2D eigenvalue weighted by molar-refractivity contribution is 0.0746. The van der Waals surface area contributed by atoms with Gasteiger partial charge in [0.15, 0.2) is 0 Å². The van der Waals surface area contributed by atoms with Gasteiger partial charge in [0, 0.05) is 48.0 Å². The third kappa shape index (κ3) is 5.14. The molecule has 7 heteroatoms. The molecule has 0 saturated carbocycles. The van der Waals surface area contributed by atoms with Crippen molar-refractivity contribution in [1.29, 1.82) is 0 Å². The van der Waals surface area contributed by atoms with Gasteiger partial charge in [0.1, 0.15) is 23.9 Å². The van der Waals surface area contributed by atoms with E-state index in [-0.39, 0.29) is 18.3 Å². The maximum Gasteiger partial charge on any atom is 0.253 e. The predicted molar refractivity (Wildman–Crippen MR) is 123 cm³/mol. The summed E-state index contributed by atoms with van der Waals surface area (Å²) in [5.41, 5.74) is 2.33. The number of anilines is 1. The number of piperazine rings is 1. The number of amides is 1. The predicted octanol–water partition coefficient (Wildman–Crippen LogP) is 5.03. The lowest BCUT2D eigenvalue weighted by atomic mass is 10.1. The first-order valence-electron chi connectivity index (χ1n) is 10.4. The lowest BCUT2D eigenvalue weighted by Crippen LogP contribution is -2.48. The second kappa shape index (κ2) is 9.92. The van der Waals surface area contributed by atoms with E-state index in [0.717, 1.165) is 11.3 Å². The first-order valence-corrected chi connectivity index (χ1v) is 10.8. The van der Waals surface area contributed by atoms with Crippen LogP contribution in [0.4, 0.5) is 10.1 Å². The van der Waals surface area contributed by atoms with E-state index in [0.29, 0.717) is 48.3 Å². The topological polar surface area (TPSA) is 42.0 Å². The minimum absolute atomic E-state index is 0.0320. The second-order valence-corrected chi connectivity index (χ2v) is 7.96. The quantitative estimate of drug-likeness (QED) is 0.524. The third-order valence-corrected chi connectivity index (χ3v) is 5.71. The van der Waals surface area contributed by atoms with E-state index in [1.807, 2.05) is 23.1 Å². The molecule has 3 aromatic carbocycles. The van der Waals surface area contributed by atoms with Crippen molar-refractivity contribution in [2.45, 2.75) is 6.61 Å². The van der Waals surface area contributed by atoms with E-state index in [4.69, 9.17) is 21.1 Å². The largest absolute Gasteiger partial charge is 0.496 e. The monoisotopic (exact) mass is 454 g/mol. The van der Waals surface area contributed by atoms with E-state index in [1.165, 1.54) is 12.1 Å². The van der Waals surface area contributed by atoms with Crippen LogP contribution in [0.5, 0.6) is 11.5 Å². The van der Waals surface area contributed by atoms with Gasteiger partial charge >= 0.3 is 0 Å². The van der Waals surface area contributed by atoms with Gasteiger partial charge in [0.05, 0.1) is 7.11 Å². The average Bonchev–Trinajstić information content (AvgIpc) is 2.83. The number of carbonyl (C=O) groups excluding carboxylic acids is 1. The number of rotatable bonds is 6. The van der Waals surface area contributed by atoms with Gasteiger partial charge in [-0.2, -0.15) is 0 Å². The van der Waals surface area contributed by atoms with Crippen LogP contribution in [0.25, 0.3) is 0 Å². The molecule has 1 aliphatic rings. The molecule has 1 aliphatic heterocycles. The molecule has 0 atom stereocenters. The Bertz CT molecular complexity index is 1080. The molecular weight excluding hydrogens is 431 g/mol. The number of methoxy groups -OCH3 is 1. The van der Waals surface area contributed by atoms with Crippen LogP contribution in [0.3, 0.4) is 0 Å². The minimum Gasteiger partial charge on any atom is -0.496 e. The molecule has 166 valence electrons. The van der Waals surface area contributed by atoms with E-state index >= 15 is 0 Å². The molecule has 1 saturated heterocycles. The zero-order chi connectivity index (χ0) is 22.5. The number of ether oxygens (including phenoxy) is 2. The molecule has 1 amide bonds. The highest BCUT2D eigenvalue weighted by Gasteiger charge is 2.23. The van der Waals surface area contributed by atoms with Crippen molar-refractivity contribution < 1.29 is 18.7 Å². The highest BCUT2D eigenvalue weighted by molar-refractivity contribution is 6.30. The summed E-state index contributed by atoms with van der Waals surface area (Å²) in [5.74, 6) is 1.02. The summed E-state index contributed by atoms with van der Waals surface area (Å²) in [7, 11) is 1.59. The van der Waals surface area contributed by atoms with Gasteiger partial charge in [0.2, 0.25) is 0 Å². The van der Waals surface area contributed by atoms with E-state index in [2.05, 4.69) is 4.90 Å². The second-order valence-electron chi connectivity index (χ2n) is 7.53. The van der Waals surface area contributed by atoms with Gasteiger partial charge in [-0.05, 0) is 60.7 Å². The molecule has 0 radical (unpaired) electrons. The van der Waals surface area contributed by atoms with Crippen molar-refractivity contribution >= 4 is 23.2 Å². The molecule has 1 heterocycles. The highest BCUT2D eigenvalue weighted by Crippen LogP contribution is 2.25. The Morgan fingerprint density at radius 3 is 2.44 bits per heavy atom. The van der Waals surface area contributed by atoms with Crippen LogP contribution in [-0.4, -0.2) is 44.1 Å². The van der Waals surface area contributed by atoms with Crippen LogP contribution in [-0.2, 0) is 6.61 Å². The number of halogens is 2. The number of nitrogens with zero attached hydrogens (tertiary/aromatic N) is 2. The van der Waals surface area contributed by atoms with Gasteiger partial charge in [-0.25, -0.2) is 4.39 Å². The summed E-state index contributed by atoms with van der Waals surface area (Å²) in [5, 5.41) is 0.596. The Kier molecular flexibility index (Phi) is 6.81. The minimum atomic E-state index is -0.253. The summed E-state index contributed by atoms with van der Waals surface area (Å²) in [6.07, 6.45) is 0. The first-order chi connectivity index (χ1) is 15.5. The molecule has 0 spiro atoms. The normalized spacial score (nSPS) is 13.7. The van der Waals surface area contributed by atoms with Gasteiger partial charge in [0.25, 0.3) is 5.91 Å². The molecule has 1 fully saturated rings. The third-order valence-electron chi connectivity index (χ3n) is 5.48. The molecule has 0 bridgehead atoms. The molecule has 4 rings (SSSR count). The molecule has 0 N–H and O–H groups in total. The zero-order valence-electron chi connectivity index (χ0n) is 17.8. The molecule has 5 nitrogen and oxygen atoms in total. The Hall–Kier alpha value is -3.25. The Morgan fingerprint density at radius 2 is 1.75 bits per heavy atom. The summed E-state index contributed by atoms with van der Waals surface area (Å²) in [6.45, 7) is 2.83. The Morgan fingerprint density at radius 1 is 1.00 bits per heavy atom. The fraction of sp³-hybridized carbons (Fsp3) is 0.240. The molecular formula is C25H24ClFN2O3. The fourth-order valence-electron chi connectivity index (χ4n) is 3.74. The van der Waals surface area contributed by atoms with Gasteiger partial charge < -0.3 is 19.3 Å². The van der Waals surface area contributed by atoms with Crippen LogP contribution in [0.2, 0.25) is 5.02 Å². The van der Waals surface area contributed by atoms with Crippen molar-refractivity contribution in [1.82, 2.24) is 4.90 Å². The molecule has 0 aromatic heterocycles. The number of carbonyl (C=O) groups is 1. The molecule has 3 aromatic rings. The number of hydrogen-bond donors (Lipinski definition) is 0. The smallest absolute Gasteiger partial charge is 0.253 e. The molecule has 32 heavy (non-hydrogen) atoms. The van der Waals surface area contributed by atoms with E-state index in [1.54, 1.807) is 43.5 Å². The summed E-state index contributed by atoms with van der Waals surface area (Å²) < 4.78 is 24.5.